The predicted octanol–water partition coefficient (Wildman–Crippen LogP) is 4.25. The van der Waals surface area contributed by atoms with E-state index in [1.165, 1.54) is 0 Å². The number of ether oxygens (including phenoxy) is 2. The molecular weight excluding hydrogens is 346 g/mol. The minimum Gasteiger partial charge on any atom is -0.497 e. The van der Waals surface area contributed by atoms with Crippen LogP contribution in [0.1, 0.15) is 13.3 Å². The van der Waals surface area contributed by atoms with Gasteiger partial charge < -0.3 is 14.8 Å². The molecule has 0 radical (unpaired) electrons. The lowest BCUT2D eigenvalue weighted by Gasteiger charge is -2.18. The van der Waals surface area contributed by atoms with Gasteiger partial charge in [0, 0.05) is 4.47 Å². The van der Waals surface area contributed by atoms with E-state index in [1.807, 2.05) is 31.2 Å². The number of hydrogen-bond acceptors (Lipinski definition) is 3. The minimum atomic E-state index is -0.555. The number of hydrogen-bond donors (Lipinski definition) is 1. The fraction of sp³-hybridized carbons (Fsp3) is 0.235. The number of carbonyl (C=O) groups excluding carboxylic acids is 1. The molecule has 0 saturated carbocycles. The third kappa shape index (κ3) is 4.24. The highest BCUT2D eigenvalue weighted by Crippen LogP contribution is 2.23. The van der Waals surface area contributed by atoms with Crippen LogP contribution in [-0.2, 0) is 4.79 Å². The van der Waals surface area contributed by atoms with Crippen LogP contribution in [0.15, 0.2) is 53.0 Å². The van der Waals surface area contributed by atoms with Crippen LogP contribution in [0.25, 0.3) is 0 Å². The predicted molar refractivity (Wildman–Crippen MR) is 90.5 cm³/mol. The maximum atomic E-state index is 12.3. The van der Waals surface area contributed by atoms with Crippen molar-refractivity contribution in [2.75, 3.05) is 12.4 Å². The van der Waals surface area contributed by atoms with Crippen LogP contribution >= 0.6 is 15.9 Å². The van der Waals surface area contributed by atoms with Gasteiger partial charge in [0.2, 0.25) is 0 Å². The standard InChI is InChI=1S/C17H18BrNO3/c1-3-16(22-13-10-8-12(21-2)9-11-13)17(20)19-15-7-5-4-6-14(15)18/h4-11,16H,3H2,1-2H3,(H,19,20)/t16-/m1/s1. The van der Waals surface area contributed by atoms with E-state index in [0.717, 1.165) is 15.9 Å². The molecule has 5 heteroatoms. The molecule has 0 heterocycles. The van der Waals surface area contributed by atoms with Gasteiger partial charge in [-0.25, -0.2) is 0 Å². The van der Waals surface area contributed by atoms with Crippen molar-refractivity contribution in [2.45, 2.75) is 19.4 Å². The number of anilines is 1. The maximum absolute atomic E-state index is 12.3. The Bertz CT molecular complexity index is 628. The summed E-state index contributed by atoms with van der Waals surface area (Å²) in [7, 11) is 1.61. The Hall–Kier alpha value is -2.01. The Kier molecular flexibility index (Phi) is 5.83. The molecule has 2 aromatic rings. The molecule has 4 nitrogen and oxygen atoms in total. The van der Waals surface area contributed by atoms with Gasteiger partial charge in [0.05, 0.1) is 12.8 Å². The summed E-state index contributed by atoms with van der Waals surface area (Å²) < 4.78 is 11.7. The summed E-state index contributed by atoms with van der Waals surface area (Å²) in [4.78, 5) is 12.3. The van der Waals surface area contributed by atoms with Gasteiger partial charge in [-0.3, -0.25) is 4.79 Å². The van der Waals surface area contributed by atoms with Crippen molar-refractivity contribution < 1.29 is 14.3 Å². The molecule has 2 aromatic carbocycles. The normalized spacial score (nSPS) is 11.6. The molecule has 0 unspecified atom stereocenters. The zero-order valence-electron chi connectivity index (χ0n) is 12.5. The monoisotopic (exact) mass is 363 g/mol. The molecule has 0 saturated heterocycles. The van der Waals surface area contributed by atoms with Crippen molar-refractivity contribution in [1.29, 1.82) is 0 Å². The second-order valence-corrected chi connectivity index (χ2v) is 5.51. The summed E-state index contributed by atoms with van der Waals surface area (Å²) in [5.41, 5.74) is 0.726. The fourth-order valence-electron chi connectivity index (χ4n) is 1.92. The summed E-state index contributed by atoms with van der Waals surface area (Å²) in [5.74, 6) is 1.21. The topological polar surface area (TPSA) is 47.6 Å². The van der Waals surface area contributed by atoms with Gasteiger partial charge in [0.15, 0.2) is 6.10 Å². The Morgan fingerprint density at radius 2 is 1.77 bits per heavy atom. The Morgan fingerprint density at radius 3 is 2.36 bits per heavy atom. The average molecular weight is 364 g/mol. The molecule has 0 spiro atoms. The van der Waals surface area contributed by atoms with Gasteiger partial charge in [0.1, 0.15) is 11.5 Å². The summed E-state index contributed by atoms with van der Waals surface area (Å²) >= 11 is 3.41. The van der Waals surface area contributed by atoms with Gasteiger partial charge >= 0.3 is 0 Å². The smallest absolute Gasteiger partial charge is 0.265 e. The van der Waals surface area contributed by atoms with E-state index >= 15 is 0 Å². The second kappa shape index (κ2) is 7.84. The number of carbonyl (C=O) groups is 1. The first-order valence-corrected chi connectivity index (χ1v) is 7.79. The molecule has 2 rings (SSSR count). The number of nitrogens with one attached hydrogen (secondary N) is 1. The number of benzene rings is 2. The molecule has 1 N–H and O–H groups in total. The van der Waals surface area contributed by atoms with Crippen LogP contribution in [0.5, 0.6) is 11.5 Å². The highest BCUT2D eigenvalue weighted by atomic mass is 79.9. The third-order valence-electron chi connectivity index (χ3n) is 3.13. The number of halogens is 1. The number of para-hydroxylation sites is 1. The molecule has 0 aliphatic rings. The van der Waals surface area contributed by atoms with Crippen molar-refractivity contribution in [3.63, 3.8) is 0 Å². The Morgan fingerprint density at radius 1 is 1.14 bits per heavy atom. The quantitative estimate of drug-likeness (QED) is 0.834. The molecule has 22 heavy (non-hydrogen) atoms. The van der Waals surface area contributed by atoms with E-state index < -0.39 is 6.10 Å². The minimum absolute atomic E-state index is 0.176. The Balaban J connectivity index is 2.03. The third-order valence-corrected chi connectivity index (χ3v) is 3.82. The fourth-order valence-corrected chi connectivity index (χ4v) is 2.30. The lowest BCUT2D eigenvalue weighted by molar-refractivity contribution is -0.122. The first-order chi connectivity index (χ1) is 10.6. The zero-order chi connectivity index (χ0) is 15.9. The van der Waals surface area contributed by atoms with Crippen LogP contribution in [0, 0.1) is 0 Å². The van der Waals surface area contributed by atoms with Gasteiger partial charge in [-0.05, 0) is 58.7 Å². The summed E-state index contributed by atoms with van der Waals surface area (Å²) in [5, 5.41) is 2.87. The molecule has 0 fully saturated rings. The van der Waals surface area contributed by atoms with E-state index in [-0.39, 0.29) is 5.91 Å². The van der Waals surface area contributed by atoms with Crippen molar-refractivity contribution >= 4 is 27.5 Å². The van der Waals surface area contributed by atoms with Crippen LogP contribution in [-0.4, -0.2) is 19.1 Å². The summed E-state index contributed by atoms with van der Waals surface area (Å²) in [6.45, 7) is 1.91. The van der Waals surface area contributed by atoms with Crippen LogP contribution in [0.3, 0.4) is 0 Å². The number of rotatable bonds is 6. The van der Waals surface area contributed by atoms with Crippen molar-refractivity contribution in [1.82, 2.24) is 0 Å². The first-order valence-electron chi connectivity index (χ1n) is 7.00. The van der Waals surface area contributed by atoms with E-state index in [0.29, 0.717) is 12.2 Å². The first kappa shape index (κ1) is 16.4. The molecule has 1 amide bonds. The molecule has 1 atom stereocenters. The average Bonchev–Trinajstić information content (AvgIpc) is 2.55. The lowest BCUT2D eigenvalue weighted by Crippen LogP contribution is -2.32. The maximum Gasteiger partial charge on any atom is 0.265 e. The van der Waals surface area contributed by atoms with Crippen LogP contribution in [0.2, 0.25) is 0 Å². The highest BCUT2D eigenvalue weighted by molar-refractivity contribution is 9.10. The van der Waals surface area contributed by atoms with E-state index in [1.54, 1.807) is 31.4 Å². The number of amides is 1. The number of methoxy groups -OCH3 is 1. The van der Waals surface area contributed by atoms with E-state index in [2.05, 4.69) is 21.2 Å². The highest BCUT2D eigenvalue weighted by Gasteiger charge is 2.19. The summed E-state index contributed by atoms with van der Waals surface area (Å²) in [6, 6.07) is 14.6. The zero-order valence-corrected chi connectivity index (χ0v) is 14.1. The van der Waals surface area contributed by atoms with E-state index in [9.17, 15) is 4.79 Å². The van der Waals surface area contributed by atoms with Crippen molar-refractivity contribution in [3.05, 3.63) is 53.0 Å². The van der Waals surface area contributed by atoms with Gasteiger partial charge in [-0.1, -0.05) is 19.1 Å². The molecule has 0 bridgehead atoms. The largest absolute Gasteiger partial charge is 0.497 e. The molecule has 0 aliphatic heterocycles. The molecular formula is C17H18BrNO3. The summed E-state index contributed by atoms with van der Waals surface area (Å²) in [6.07, 6.45) is 0.0166. The molecule has 116 valence electrons. The van der Waals surface area contributed by atoms with Crippen molar-refractivity contribution in [2.24, 2.45) is 0 Å². The van der Waals surface area contributed by atoms with Crippen molar-refractivity contribution in [3.8, 4) is 11.5 Å². The SMILES string of the molecule is CC[C@@H](Oc1ccc(OC)cc1)C(=O)Nc1ccccc1Br. The second-order valence-electron chi connectivity index (χ2n) is 4.66. The van der Waals surface area contributed by atoms with E-state index in [4.69, 9.17) is 9.47 Å². The van der Waals surface area contributed by atoms with Gasteiger partial charge in [0.25, 0.3) is 5.91 Å². The molecule has 0 aromatic heterocycles. The van der Waals surface area contributed by atoms with Gasteiger partial charge in [-0.2, -0.15) is 0 Å². The lowest BCUT2D eigenvalue weighted by atomic mass is 10.2. The Labute approximate surface area is 138 Å². The van der Waals surface area contributed by atoms with Crippen LogP contribution in [0.4, 0.5) is 5.69 Å². The van der Waals surface area contributed by atoms with Crippen LogP contribution < -0.4 is 14.8 Å². The molecule has 0 aliphatic carbocycles. The van der Waals surface area contributed by atoms with Gasteiger partial charge in [-0.15, -0.1) is 0 Å².